The number of thioether (sulfide) groups is 1. The number of carbonyl (C=O) groups excluding carboxylic acids is 3. The van der Waals surface area contributed by atoms with Crippen LogP contribution in [0.15, 0.2) is 60.7 Å². The van der Waals surface area contributed by atoms with Crippen molar-refractivity contribution < 1.29 is 18.8 Å². The first-order chi connectivity index (χ1) is 17.4. The molecule has 3 amide bonds. The molecule has 3 rings (SSSR count). The highest BCUT2D eigenvalue weighted by Gasteiger charge is 2.33. The Hall–Kier alpha value is -3.64. The van der Waals surface area contributed by atoms with Gasteiger partial charge >= 0.3 is 0 Å². The molecule has 1 heterocycles. The van der Waals surface area contributed by atoms with Gasteiger partial charge in [0.25, 0.3) is 0 Å². The second-order valence-electron chi connectivity index (χ2n) is 8.55. The molecule has 0 unspecified atom stereocenters. The van der Waals surface area contributed by atoms with Gasteiger partial charge in [-0.15, -0.1) is 11.8 Å². The van der Waals surface area contributed by atoms with Gasteiger partial charge in [0.1, 0.15) is 17.1 Å². The fourth-order valence-electron chi connectivity index (χ4n) is 4.05. The van der Waals surface area contributed by atoms with Crippen LogP contribution in [0, 0.1) is 23.1 Å². The molecule has 2 aromatic rings. The normalized spacial score (nSPS) is 17.6. The lowest BCUT2D eigenvalue weighted by Crippen LogP contribution is -2.53. The molecule has 1 fully saturated rings. The summed E-state index contributed by atoms with van der Waals surface area (Å²) in [6.45, 7) is 0.567. The highest BCUT2D eigenvalue weighted by molar-refractivity contribution is 7.99. The van der Waals surface area contributed by atoms with E-state index in [1.807, 2.05) is 30.3 Å². The molecule has 0 spiro atoms. The SMILES string of the molecule is CS[C@H](C#N)[C@H](C[C@@H]1CCNC1=O)NC(=O)[C@H](Cc1ccc(F)cc1)NC(=O)/C=C/c1ccccc1. The Balaban J connectivity index is 1.77. The second kappa shape index (κ2) is 13.4. The first-order valence-corrected chi connectivity index (χ1v) is 13.0. The lowest BCUT2D eigenvalue weighted by atomic mass is 9.95. The molecule has 188 valence electrons. The van der Waals surface area contributed by atoms with Crippen molar-refractivity contribution in [1.29, 1.82) is 5.26 Å². The van der Waals surface area contributed by atoms with E-state index in [-0.39, 0.29) is 18.2 Å². The van der Waals surface area contributed by atoms with Crippen LogP contribution >= 0.6 is 11.8 Å². The molecule has 7 nitrogen and oxygen atoms in total. The van der Waals surface area contributed by atoms with E-state index in [1.165, 1.54) is 30.0 Å². The van der Waals surface area contributed by atoms with E-state index in [1.54, 1.807) is 24.5 Å². The zero-order valence-corrected chi connectivity index (χ0v) is 20.8. The Morgan fingerprint density at radius 1 is 1.19 bits per heavy atom. The van der Waals surface area contributed by atoms with Crippen molar-refractivity contribution in [3.63, 3.8) is 0 Å². The molecule has 3 N–H and O–H groups in total. The maximum absolute atomic E-state index is 13.4. The van der Waals surface area contributed by atoms with Crippen LogP contribution in [0.4, 0.5) is 4.39 Å². The molecule has 0 radical (unpaired) electrons. The van der Waals surface area contributed by atoms with Crippen LogP contribution < -0.4 is 16.0 Å². The Kier molecular flexibility index (Phi) is 10.1. The summed E-state index contributed by atoms with van der Waals surface area (Å²) in [5, 5.41) is 17.5. The number of nitrogens with zero attached hydrogens (tertiary/aromatic N) is 1. The number of benzene rings is 2. The zero-order valence-electron chi connectivity index (χ0n) is 19.9. The van der Waals surface area contributed by atoms with Crippen LogP contribution in [0.2, 0.25) is 0 Å². The summed E-state index contributed by atoms with van der Waals surface area (Å²) in [5.41, 5.74) is 1.50. The van der Waals surface area contributed by atoms with Crippen molar-refractivity contribution >= 4 is 35.6 Å². The summed E-state index contributed by atoms with van der Waals surface area (Å²) in [6, 6.07) is 15.6. The third kappa shape index (κ3) is 7.95. The third-order valence-corrected chi connectivity index (χ3v) is 6.93. The molecule has 0 aliphatic carbocycles. The van der Waals surface area contributed by atoms with Gasteiger partial charge in [0.05, 0.1) is 12.1 Å². The minimum Gasteiger partial charge on any atom is -0.356 e. The summed E-state index contributed by atoms with van der Waals surface area (Å²) < 4.78 is 13.4. The van der Waals surface area contributed by atoms with Crippen LogP contribution in [0.1, 0.15) is 24.0 Å². The predicted octanol–water partition coefficient (Wildman–Crippen LogP) is 2.83. The van der Waals surface area contributed by atoms with Crippen LogP contribution in [-0.2, 0) is 20.8 Å². The van der Waals surface area contributed by atoms with E-state index in [9.17, 15) is 24.0 Å². The summed E-state index contributed by atoms with van der Waals surface area (Å²) in [5.74, 6) is -1.72. The molecular weight excluding hydrogens is 479 g/mol. The zero-order chi connectivity index (χ0) is 25.9. The van der Waals surface area contributed by atoms with Crippen molar-refractivity contribution in [2.45, 2.75) is 36.6 Å². The first kappa shape index (κ1) is 27.0. The standard InChI is InChI=1S/C27H29FN4O3S/c1-36-24(17-29)22(16-20-13-14-30-26(20)34)32-27(35)23(15-19-7-10-21(28)11-8-19)31-25(33)12-9-18-5-3-2-4-6-18/h2-12,20,22-24H,13-16H2,1H3,(H,30,34)(H,31,33)(H,32,35)/b12-9+/t20-,22-,23-,24+/m0/s1. The molecule has 36 heavy (non-hydrogen) atoms. The van der Waals surface area contributed by atoms with E-state index in [4.69, 9.17) is 0 Å². The van der Waals surface area contributed by atoms with Crippen LogP contribution in [0.25, 0.3) is 6.08 Å². The van der Waals surface area contributed by atoms with E-state index in [2.05, 4.69) is 22.0 Å². The molecule has 0 aromatic heterocycles. The van der Waals surface area contributed by atoms with Crippen molar-refractivity contribution in [2.75, 3.05) is 12.8 Å². The minimum atomic E-state index is -0.968. The van der Waals surface area contributed by atoms with Gasteiger partial charge < -0.3 is 16.0 Å². The van der Waals surface area contributed by atoms with Gasteiger partial charge in [-0.1, -0.05) is 42.5 Å². The molecule has 1 aliphatic heterocycles. The Morgan fingerprint density at radius 2 is 1.92 bits per heavy atom. The largest absolute Gasteiger partial charge is 0.356 e. The smallest absolute Gasteiger partial charge is 0.244 e. The second-order valence-corrected chi connectivity index (χ2v) is 9.53. The average Bonchev–Trinajstić information content (AvgIpc) is 3.29. The number of hydrogen-bond acceptors (Lipinski definition) is 5. The fourth-order valence-corrected chi connectivity index (χ4v) is 4.66. The number of rotatable bonds is 11. The van der Waals surface area contributed by atoms with Gasteiger partial charge in [0, 0.05) is 25.0 Å². The van der Waals surface area contributed by atoms with Crippen LogP contribution in [0.3, 0.4) is 0 Å². The molecule has 4 atom stereocenters. The number of nitrogens with one attached hydrogen (secondary N) is 3. The Labute approximate surface area is 214 Å². The number of amides is 3. The van der Waals surface area contributed by atoms with Crippen molar-refractivity contribution in [3.8, 4) is 6.07 Å². The molecule has 9 heteroatoms. The van der Waals surface area contributed by atoms with Crippen molar-refractivity contribution in [2.24, 2.45) is 5.92 Å². The quantitative estimate of drug-likeness (QED) is 0.404. The molecule has 1 saturated heterocycles. The molecule has 2 aromatic carbocycles. The third-order valence-electron chi connectivity index (χ3n) is 5.99. The van der Waals surface area contributed by atoms with E-state index in [0.29, 0.717) is 24.9 Å². The minimum absolute atomic E-state index is 0.0887. The maximum atomic E-state index is 13.4. The van der Waals surface area contributed by atoms with Gasteiger partial charge in [-0.05, 0) is 48.4 Å². The van der Waals surface area contributed by atoms with Gasteiger partial charge in [-0.25, -0.2) is 4.39 Å². The monoisotopic (exact) mass is 508 g/mol. The summed E-state index contributed by atoms with van der Waals surface area (Å²) in [4.78, 5) is 38.2. The Morgan fingerprint density at radius 3 is 2.53 bits per heavy atom. The number of halogens is 1. The number of carbonyl (C=O) groups is 3. The van der Waals surface area contributed by atoms with Gasteiger partial charge in [0.2, 0.25) is 17.7 Å². The van der Waals surface area contributed by atoms with E-state index >= 15 is 0 Å². The van der Waals surface area contributed by atoms with Gasteiger partial charge in [0.15, 0.2) is 0 Å². The molecule has 0 saturated carbocycles. The lowest BCUT2D eigenvalue weighted by molar-refractivity contribution is -0.128. The van der Waals surface area contributed by atoms with Crippen molar-refractivity contribution in [3.05, 3.63) is 77.6 Å². The van der Waals surface area contributed by atoms with E-state index < -0.39 is 35.0 Å². The highest BCUT2D eigenvalue weighted by Crippen LogP contribution is 2.22. The molecule has 1 aliphatic rings. The van der Waals surface area contributed by atoms with E-state index in [0.717, 1.165) is 5.56 Å². The van der Waals surface area contributed by atoms with Crippen LogP contribution in [-0.4, -0.2) is 47.9 Å². The maximum Gasteiger partial charge on any atom is 0.244 e. The average molecular weight is 509 g/mol. The summed E-state index contributed by atoms with van der Waals surface area (Å²) in [7, 11) is 0. The number of hydrogen-bond donors (Lipinski definition) is 3. The molecule has 0 bridgehead atoms. The van der Waals surface area contributed by atoms with Crippen molar-refractivity contribution in [1.82, 2.24) is 16.0 Å². The van der Waals surface area contributed by atoms with Crippen LogP contribution in [0.5, 0.6) is 0 Å². The van der Waals surface area contributed by atoms with Gasteiger partial charge in [-0.2, -0.15) is 5.26 Å². The first-order valence-electron chi connectivity index (χ1n) is 11.7. The fraction of sp³-hybridized carbons (Fsp3) is 0.333. The predicted molar refractivity (Wildman–Crippen MR) is 138 cm³/mol. The Bertz CT molecular complexity index is 1120. The summed E-state index contributed by atoms with van der Waals surface area (Å²) >= 11 is 1.29. The highest BCUT2D eigenvalue weighted by atomic mass is 32.2. The molecular formula is C27H29FN4O3S. The number of nitriles is 1. The van der Waals surface area contributed by atoms with Gasteiger partial charge in [-0.3, -0.25) is 14.4 Å². The lowest BCUT2D eigenvalue weighted by Gasteiger charge is -2.27. The summed E-state index contributed by atoms with van der Waals surface area (Å²) in [6.07, 6.45) is 5.85. The topological polar surface area (TPSA) is 111 Å².